The Morgan fingerprint density at radius 3 is 2.70 bits per heavy atom. The van der Waals surface area contributed by atoms with E-state index >= 15 is 0 Å². The molecule has 0 unspecified atom stereocenters. The summed E-state index contributed by atoms with van der Waals surface area (Å²) in [5.74, 6) is 0.435. The van der Waals surface area contributed by atoms with Crippen molar-refractivity contribution in [1.29, 1.82) is 0 Å². The summed E-state index contributed by atoms with van der Waals surface area (Å²) in [6, 6.07) is 4.02. The van der Waals surface area contributed by atoms with Crippen molar-refractivity contribution in [2.24, 2.45) is 5.92 Å². The van der Waals surface area contributed by atoms with Gasteiger partial charge in [0.05, 0.1) is 36.7 Å². The first kappa shape index (κ1) is 18.6. The van der Waals surface area contributed by atoms with E-state index in [1.54, 1.807) is 0 Å². The number of carbonyl (C=O) groups is 1. The standard InChI is InChI=1S/C19H24F3N3O2/c20-19(21,22)14-4-5-17(24-6-8-27-9-7-24)15(10-14)23-18(26)12-25-11-13-2-1-3-16(13)25/h4-5,10,13,16H,1-3,6-9,11-12H2,(H,23,26)/t13-,16+/m0/s1. The van der Waals surface area contributed by atoms with Gasteiger partial charge in [0, 0.05) is 25.7 Å². The van der Waals surface area contributed by atoms with E-state index in [2.05, 4.69) is 10.2 Å². The normalized spacial score (nSPS) is 25.8. The number of likely N-dealkylation sites (tertiary alicyclic amines) is 1. The van der Waals surface area contributed by atoms with Crippen LogP contribution in [-0.4, -0.2) is 56.2 Å². The lowest BCUT2D eigenvalue weighted by Crippen LogP contribution is -2.55. The number of halogens is 3. The van der Waals surface area contributed by atoms with E-state index in [9.17, 15) is 18.0 Å². The van der Waals surface area contributed by atoms with E-state index < -0.39 is 11.7 Å². The van der Waals surface area contributed by atoms with Crippen LogP contribution >= 0.6 is 0 Å². The van der Waals surface area contributed by atoms with Crippen LogP contribution in [0.25, 0.3) is 0 Å². The summed E-state index contributed by atoms with van der Waals surface area (Å²) in [5, 5.41) is 2.74. The second-order valence-electron chi connectivity index (χ2n) is 7.57. The molecule has 8 heteroatoms. The number of amides is 1. The average molecular weight is 383 g/mol. The molecule has 1 saturated carbocycles. The second-order valence-corrected chi connectivity index (χ2v) is 7.57. The molecule has 0 bridgehead atoms. The van der Waals surface area contributed by atoms with Gasteiger partial charge in [0.15, 0.2) is 0 Å². The molecule has 148 valence electrons. The monoisotopic (exact) mass is 383 g/mol. The SMILES string of the molecule is O=C(CN1C[C@@H]2CCC[C@H]21)Nc1cc(C(F)(F)F)ccc1N1CCOCC1. The Balaban J connectivity index is 1.50. The number of carbonyl (C=O) groups excluding carboxylic acids is 1. The molecule has 1 aromatic carbocycles. The third-order valence-corrected chi connectivity index (χ3v) is 5.85. The number of anilines is 2. The molecular formula is C19H24F3N3O2. The minimum atomic E-state index is -4.45. The molecule has 2 saturated heterocycles. The number of nitrogens with one attached hydrogen (secondary N) is 1. The Morgan fingerprint density at radius 1 is 1.22 bits per heavy atom. The summed E-state index contributed by atoms with van der Waals surface area (Å²) in [7, 11) is 0. The number of morpholine rings is 1. The number of nitrogens with zero attached hydrogens (tertiary/aromatic N) is 2. The van der Waals surface area contributed by atoms with Crippen LogP contribution in [0, 0.1) is 5.92 Å². The lowest BCUT2D eigenvalue weighted by atomic mass is 9.92. The first-order valence-electron chi connectivity index (χ1n) is 9.49. The van der Waals surface area contributed by atoms with Crippen LogP contribution in [0.15, 0.2) is 18.2 Å². The molecule has 3 aliphatic rings. The van der Waals surface area contributed by atoms with Crippen LogP contribution in [0.4, 0.5) is 24.5 Å². The molecule has 1 N–H and O–H groups in total. The van der Waals surface area contributed by atoms with Crippen LogP contribution in [0.2, 0.25) is 0 Å². The van der Waals surface area contributed by atoms with Gasteiger partial charge < -0.3 is 15.0 Å². The zero-order valence-electron chi connectivity index (χ0n) is 15.1. The van der Waals surface area contributed by atoms with Gasteiger partial charge in [-0.1, -0.05) is 6.42 Å². The summed E-state index contributed by atoms with van der Waals surface area (Å²) in [5.41, 5.74) is 0.0804. The molecule has 2 atom stereocenters. The van der Waals surface area contributed by atoms with Crippen LogP contribution in [0.1, 0.15) is 24.8 Å². The van der Waals surface area contributed by atoms with Gasteiger partial charge in [-0.15, -0.1) is 0 Å². The topological polar surface area (TPSA) is 44.8 Å². The molecule has 2 heterocycles. The first-order valence-corrected chi connectivity index (χ1v) is 9.49. The minimum absolute atomic E-state index is 0.222. The quantitative estimate of drug-likeness (QED) is 0.868. The lowest BCUT2D eigenvalue weighted by molar-refractivity contribution is -0.137. The first-order chi connectivity index (χ1) is 12.9. The predicted molar refractivity (Wildman–Crippen MR) is 95.8 cm³/mol. The fourth-order valence-electron chi connectivity index (χ4n) is 4.46. The second kappa shape index (κ2) is 7.31. The molecule has 1 aliphatic carbocycles. The highest BCUT2D eigenvalue weighted by atomic mass is 19.4. The maximum atomic E-state index is 13.1. The van der Waals surface area contributed by atoms with Gasteiger partial charge in [0.25, 0.3) is 0 Å². The molecule has 0 radical (unpaired) electrons. The molecular weight excluding hydrogens is 359 g/mol. The van der Waals surface area contributed by atoms with Crippen molar-refractivity contribution in [1.82, 2.24) is 4.90 Å². The maximum absolute atomic E-state index is 13.1. The third kappa shape index (κ3) is 3.91. The molecule has 5 nitrogen and oxygen atoms in total. The molecule has 1 amide bonds. The van der Waals surface area contributed by atoms with Crippen molar-refractivity contribution >= 4 is 17.3 Å². The number of hydrogen-bond acceptors (Lipinski definition) is 4. The lowest BCUT2D eigenvalue weighted by Gasteiger charge is -2.44. The molecule has 4 rings (SSSR count). The summed E-state index contributed by atoms with van der Waals surface area (Å²) >= 11 is 0. The highest BCUT2D eigenvalue weighted by molar-refractivity contribution is 5.96. The molecule has 0 spiro atoms. The number of alkyl halides is 3. The third-order valence-electron chi connectivity index (χ3n) is 5.85. The Hall–Kier alpha value is -1.80. The molecule has 27 heavy (non-hydrogen) atoms. The van der Waals surface area contributed by atoms with Crippen LogP contribution < -0.4 is 10.2 Å². The zero-order valence-corrected chi connectivity index (χ0v) is 15.1. The molecule has 1 aromatic rings. The van der Waals surface area contributed by atoms with Gasteiger partial charge in [-0.2, -0.15) is 13.2 Å². The number of ether oxygens (including phenoxy) is 1. The zero-order chi connectivity index (χ0) is 19.0. The van der Waals surface area contributed by atoms with Crippen molar-refractivity contribution < 1.29 is 22.7 Å². The van der Waals surface area contributed by atoms with Crippen molar-refractivity contribution in [3.05, 3.63) is 23.8 Å². The highest BCUT2D eigenvalue weighted by Crippen LogP contribution is 2.39. The van der Waals surface area contributed by atoms with Crippen molar-refractivity contribution in [3.8, 4) is 0 Å². The summed E-state index contributed by atoms with van der Waals surface area (Å²) < 4.78 is 44.8. The summed E-state index contributed by atoms with van der Waals surface area (Å²) in [6.45, 7) is 3.36. The van der Waals surface area contributed by atoms with E-state index in [0.29, 0.717) is 44.0 Å². The van der Waals surface area contributed by atoms with Crippen LogP contribution in [0.5, 0.6) is 0 Å². The molecule has 0 aromatic heterocycles. The van der Waals surface area contributed by atoms with Crippen molar-refractivity contribution in [2.45, 2.75) is 31.5 Å². The number of fused-ring (bicyclic) bond motifs is 1. The Labute approximate surface area is 156 Å². The Bertz CT molecular complexity index is 704. The fraction of sp³-hybridized carbons (Fsp3) is 0.632. The van der Waals surface area contributed by atoms with Crippen molar-refractivity contribution in [2.75, 3.05) is 49.6 Å². The highest BCUT2D eigenvalue weighted by Gasteiger charge is 2.42. The van der Waals surface area contributed by atoms with Gasteiger partial charge in [-0.3, -0.25) is 9.69 Å². The van der Waals surface area contributed by atoms with E-state index in [0.717, 1.165) is 25.1 Å². The van der Waals surface area contributed by atoms with Gasteiger partial charge in [0.1, 0.15) is 0 Å². The van der Waals surface area contributed by atoms with Gasteiger partial charge in [-0.05, 0) is 37.0 Å². The number of hydrogen-bond donors (Lipinski definition) is 1. The summed E-state index contributed by atoms with van der Waals surface area (Å²) in [6.07, 6.45) is -0.919. The summed E-state index contributed by atoms with van der Waals surface area (Å²) in [4.78, 5) is 16.6. The molecule has 2 aliphatic heterocycles. The largest absolute Gasteiger partial charge is 0.416 e. The Kier molecular flexibility index (Phi) is 5.03. The maximum Gasteiger partial charge on any atom is 0.416 e. The predicted octanol–water partition coefficient (Wildman–Crippen LogP) is 2.96. The minimum Gasteiger partial charge on any atom is -0.378 e. The smallest absolute Gasteiger partial charge is 0.378 e. The van der Waals surface area contributed by atoms with E-state index in [1.165, 1.54) is 18.9 Å². The van der Waals surface area contributed by atoms with Crippen LogP contribution in [-0.2, 0) is 15.7 Å². The van der Waals surface area contributed by atoms with Crippen molar-refractivity contribution in [3.63, 3.8) is 0 Å². The van der Waals surface area contributed by atoms with Crippen LogP contribution in [0.3, 0.4) is 0 Å². The van der Waals surface area contributed by atoms with E-state index in [4.69, 9.17) is 4.74 Å². The number of benzene rings is 1. The van der Waals surface area contributed by atoms with E-state index in [1.807, 2.05) is 4.90 Å². The Morgan fingerprint density at radius 2 is 2.00 bits per heavy atom. The van der Waals surface area contributed by atoms with Gasteiger partial charge in [0.2, 0.25) is 5.91 Å². The van der Waals surface area contributed by atoms with E-state index in [-0.39, 0.29) is 18.1 Å². The average Bonchev–Trinajstić information content (AvgIpc) is 3.00. The molecule has 3 fully saturated rings. The fourth-order valence-corrected chi connectivity index (χ4v) is 4.46. The number of rotatable bonds is 4. The van der Waals surface area contributed by atoms with Gasteiger partial charge >= 0.3 is 6.18 Å². The van der Waals surface area contributed by atoms with Gasteiger partial charge in [-0.25, -0.2) is 0 Å².